The van der Waals surface area contributed by atoms with Crippen LogP contribution in [-0.4, -0.2) is 15.3 Å². The molecular weight excluding hydrogens is 464 g/mol. The third-order valence-electron chi connectivity index (χ3n) is 8.03. The maximum Gasteiger partial charge on any atom is 0.181 e. The molecule has 0 amide bonds. The number of hydrogen-bond acceptors (Lipinski definition) is 2. The van der Waals surface area contributed by atoms with Gasteiger partial charge in [0.15, 0.2) is 5.78 Å². The van der Waals surface area contributed by atoms with E-state index >= 15 is 0 Å². The molecule has 0 saturated heterocycles. The molecule has 0 radical (unpaired) electrons. The van der Waals surface area contributed by atoms with Gasteiger partial charge in [0, 0.05) is 6.42 Å². The van der Waals surface area contributed by atoms with Crippen LogP contribution in [-0.2, 0) is 5.54 Å². The molecule has 0 spiro atoms. The Balaban J connectivity index is 1.43. The highest BCUT2D eigenvalue weighted by atomic mass is 16.1. The summed E-state index contributed by atoms with van der Waals surface area (Å²) >= 11 is 0. The lowest BCUT2D eigenvalue weighted by molar-refractivity contribution is 0.0972. The Bertz CT molecular complexity index is 1210. The summed E-state index contributed by atoms with van der Waals surface area (Å²) in [6.45, 7) is 0. The van der Waals surface area contributed by atoms with E-state index in [4.69, 9.17) is 0 Å². The zero-order valence-corrected chi connectivity index (χ0v) is 22.2. The lowest BCUT2D eigenvalue weighted by atomic mass is 9.76. The van der Waals surface area contributed by atoms with Gasteiger partial charge in [-0.25, -0.2) is 4.98 Å². The molecule has 1 aromatic heterocycles. The van der Waals surface area contributed by atoms with Crippen LogP contribution < -0.4 is 0 Å². The number of imidazole rings is 1. The molecule has 1 fully saturated rings. The Morgan fingerprint density at radius 2 is 1.29 bits per heavy atom. The van der Waals surface area contributed by atoms with Crippen molar-refractivity contribution >= 4 is 5.78 Å². The van der Waals surface area contributed by atoms with E-state index in [-0.39, 0.29) is 5.78 Å². The lowest BCUT2D eigenvalue weighted by Gasteiger charge is -2.38. The lowest BCUT2D eigenvalue weighted by Crippen LogP contribution is -2.39. The molecule has 0 unspecified atom stereocenters. The topological polar surface area (TPSA) is 34.9 Å². The van der Waals surface area contributed by atoms with E-state index in [1.54, 1.807) is 6.20 Å². The van der Waals surface area contributed by atoms with Crippen LogP contribution >= 0.6 is 0 Å². The van der Waals surface area contributed by atoms with Gasteiger partial charge in [0.05, 0.1) is 12.5 Å². The number of carbonyl (C=O) groups is 1. The molecule has 1 aliphatic rings. The van der Waals surface area contributed by atoms with Gasteiger partial charge >= 0.3 is 0 Å². The molecular formula is C35H38N2O. The second kappa shape index (κ2) is 12.7. The Morgan fingerprint density at radius 1 is 0.763 bits per heavy atom. The van der Waals surface area contributed by atoms with Gasteiger partial charge in [-0.05, 0) is 41.9 Å². The van der Waals surface area contributed by atoms with Gasteiger partial charge in [-0.3, -0.25) is 4.79 Å². The van der Waals surface area contributed by atoms with Crippen molar-refractivity contribution in [3.8, 4) is 0 Å². The molecule has 0 atom stereocenters. The van der Waals surface area contributed by atoms with E-state index in [1.807, 2.05) is 24.5 Å². The van der Waals surface area contributed by atoms with Crippen molar-refractivity contribution < 1.29 is 4.79 Å². The minimum atomic E-state index is -0.721. The molecule has 38 heavy (non-hydrogen) atoms. The fourth-order valence-corrected chi connectivity index (χ4v) is 6.11. The number of allylic oxidation sites excluding steroid dienone is 2. The van der Waals surface area contributed by atoms with Crippen molar-refractivity contribution in [2.45, 2.75) is 63.3 Å². The van der Waals surface area contributed by atoms with Crippen LogP contribution in [0.1, 0.15) is 85.0 Å². The van der Waals surface area contributed by atoms with E-state index in [9.17, 15) is 4.79 Å². The van der Waals surface area contributed by atoms with Gasteiger partial charge in [-0.2, -0.15) is 0 Å². The summed E-state index contributed by atoms with van der Waals surface area (Å²) in [5.74, 6) is 1.01. The largest absolute Gasteiger partial charge is 0.309 e. The number of hydrogen-bond donors (Lipinski definition) is 0. The molecule has 3 aromatic carbocycles. The highest BCUT2D eigenvalue weighted by Gasteiger charge is 2.40. The van der Waals surface area contributed by atoms with Crippen LogP contribution in [0.3, 0.4) is 0 Å². The number of carbonyl (C=O) groups excluding carboxylic acids is 1. The third-order valence-corrected chi connectivity index (χ3v) is 8.03. The summed E-state index contributed by atoms with van der Waals surface area (Å²) in [5.41, 5.74) is 3.18. The minimum Gasteiger partial charge on any atom is -0.309 e. The number of benzene rings is 3. The molecule has 0 bridgehead atoms. The predicted octanol–water partition coefficient (Wildman–Crippen LogP) is 8.60. The van der Waals surface area contributed by atoms with Crippen LogP contribution in [0.2, 0.25) is 0 Å². The molecule has 1 saturated carbocycles. The highest BCUT2D eigenvalue weighted by molar-refractivity contribution is 5.94. The Morgan fingerprint density at radius 3 is 1.84 bits per heavy atom. The van der Waals surface area contributed by atoms with E-state index in [0.717, 1.165) is 35.4 Å². The Hall–Kier alpha value is -3.72. The van der Waals surface area contributed by atoms with Crippen molar-refractivity contribution in [1.82, 2.24) is 9.55 Å². The SMILES string of the molecule is O=C(CC/C=C\CCC1CCCCC1)c1cncn1C(c1ccccc1)(c1ccccc1)c1ccccc1. The molecule has 5 rings (SSSR count). The summed E-state index contributed by atoms with van der Waals surface area (Å²) < 4.78 is 2.09. The average molecular weight is 503 g/mol. The first-order valence-corrected chi connectivity index (χ1v) is 14.2. The molecule has 0 aliphatic heterocycles. The molecule has 3 heteroatoms. The third kappa shape index (κ3) is 5.57. The van der Waals surface area contributed by atoms with Crippen LogP contribution in [0.15, 0.2) is 116 Å². The van der Waals surface area contributed by atoms with Crippen molar-refractivity contribution in [3.05, 3.63) is 138 Å². The van der Waals surface area contributed by atoms with E-state index in [1.165, 1.54) is 38.5 Å². The summed E-state index contributed by atoms with van der Waals surface area (Å²) in [6, 6.07) is 31.3. The fourth-order valence-electron chi connectivity index (χ4n) is 6.11. The first-order chi connectivity index (χ1) is 18.8. The smallest absolute Gasteiger partial charge is 0.181 e. The van der Waals surface area contributed by atoms with Gasteiger partial charge in [-0.1, -0.05) is 135 Å². The summed E-state index contributed by atoms with van der Waals surface area (Å²) in [6.07, 6.45) is 18.6. The van der Waals surface area contributed by atoms with Crippen molar-refractivity contribution in [1.29, 1.82) is 0 Å². The first kappa shape index (κ1) is 25.9. The predicted molar refractivity (Wildman–Crippen MR) is 155 cm³/mol. The van der Waals surface area contributed by atoms with Crippen molar-refractivity contribution in [3.63, 3.8) is 0 Å². The zero-order valence-electron chi connectivity index (χ0n) is 22.2. The van der Waals surface area contributed by atoms with Crippen molar-refractivity contribution in [2.24, 2.45) is 5.92 Å². The number of nitrogens with zero attached hydrogens (tertiary/aromatic N) is 2. The van der Waals surface area contributed by atoms with E-state index < -0.39 is 5.54 Å². The molecule has 3 nitrogen and oxygen atoms in total. The highest BCUT2D eigenvalue weighted by Crippen LogP contribution is 2.41. The number of rotatable bonds is 11. The van der Waals surface area contributed by atoms with Gasteiger partial charge in [0.2, 0.25) is 0 Å². The van der Waals surface area contributed by atoms with Crippen molar-refractivity contribution in [2.75, 3.05) is 0 Å². The van der Waals surface area contributed by atoms with Crippen LogP contribution in [0, 0.1) is 5.92 Å². The quantitative estimate of drug-likeness (QED) is 0.117. The monoisotopic (exact) mass is 502 g/mol. The standard InChI is InChI=1S/C35H38N2O/c38-34(26-16-2-1-7-17-29-18-8-3-9-19-29)33-27-36-28-37(33)35(30-20-10-4-11-21-30,31-22-12-5-13-23-31)32-24-14-6-15-25-32/h1-2,4-6,10-15,20-25,27-29H,3,7-9,16-19,26H2/b2-1-. The summed E-state index contributed by atoms with van der Waals surface area (Å²) in [4.78, 5) is 18.2. The number of Topliss-reactive ketones (excluding diaryl/α,β-unsaturated/α-hetero) is 1. The van der Waals surface area contributed by atoms with Crippen LogP contribution in [0.5, 0.6) is 0 Å². The second-order valence-electron chi connectivity index (χ2n) is 10.5. The van der Waals surface area contributed by atoms with E-state index in [0.29, 0.717) is 12.1 Å². The average Bonchev–Trinajstić information content (AvgIpc) is 3.48. The zero-order chi connectivity index (χ0) is 26.0. The van der Waals surface area contributed by atoms with Gasteiger partial charge in [-0.15, -0.1) is 0 Å². The molecule has 1 heterocycles. The minimum absolute atomic E-state index is 0.117. The molecule has 4 aromatic rings. The van der Waals surface area contributed by atoms with Crippen LogP contribution in [0.25, 0.3) is 0 Å². The van der Waals surface area contributed by atoms with Gasteiger partial charge < -0.3 is 4.57 Å². The van der Waals surface area contributed by atoms with Crippen LogP contribution in [0.4, 0.5) is 0 Å². The van der Waals surface area contributed by atoms with Gasteiger partial charge in [0.1, 0.15) is 11.2 Å². The molecule has 194 valence electrons. The maximum absolute atomic E-state index is 13.7. The normalized spacial score (nSPS) is 14.6. The van der Waals surface area contributed by atoms with E-state index in [2.05, 4.69) is 94.5 Å². The Labute approximate surface area is 227 Å². The molecule has 1 aliphatic carbocycles. The summed E-state index contributed by atoms with van der Waals surface area (Å²) in [7, 11) is 0. The Kier molecular flexibility index (Phi) is 8.65. The molecule has 0 N–H and O–H groups in total. The first-order valence-electron chi connectivity index (χ1n) is 14.2. The number of ketones is 1. The van der Waals surface area contributed by atoms with Gasteiger partial charge in [0.25, 0.3) is 0 Å². The summed E-state index contributed by atoms with van der Waals surface area (Å²) in [5, 5.41) is 0. The second-order valence-corrected chi connectivity index (χ2v) is 10.5. The number of aromatic nitrogens is 2. The fraction of sp³-hybridized carbons (Fsp3) is 0.314. The maximum atomic E-state index is 13.7.